The van der Waals surface area contributed by atoms with Crippen LogP contribution in [0.4, 0.5) is 13.2 Å². The van der Waals surface area contributed by atoms with Crippen molar-refractivity contribution in [1.82, 2.24) is 19.2 Å². The maximum absolute atomic E-state index is 13.8. The second-order valence-corrected chi connectivity index (χ2v) is 9.59. The van der Waals surface area contributed by atoms with Crippen molar-refractivity contribution in [2.24, 2.45) is 0 Å². The Labute approximate surface area is 201 Å². The molecule has 1 fully saturated rings. The van der Waals surface area contributed by atoms with Gasteiger partial charge in [0.25, 0.3) is 5.91 Å². The molecule has 9 heteroatoms. The summed E-state index contributed by atoms with van der Waals surface area (Å²) < 4.78 is 42.0. The summed E-state index contributed by atoms with van der Waals surface area (Å²) >= 11 is 0. The molecule has 5 rings (SSSR count). The van der Waals surface area contributed by atoms with Crippen LogP contribution in [-0.2, 0) is 30.4 Å². The van der Waals surface area contributed by atoms with Crippen molar-refractivity contribution in [3.63, 3.8) is 0 Å². The number of benzene rings is 1. The van der Waals surface area contributed by atoms with Gasteiger partial charge >= 0.3 is 6.18 Å². The second kappa shape index (κ2) is 8.70. The van der Waals surface area contributed by atoms with Crippen molar-refractivity contribution in [1.29, 1.82) is 0 Å². The van der Waals surface area contributed by atoms with E-state index in [-0.39, 0.29) is 18.0 Å². The van der Waals surface area contributed by atoms with Gasteiger partial charge in [-0.3, -0.25) is 9.59 Å². The van der Waals surface area contributed by atoms with Crippen LogP contribution in [0, 0.1) is 13.8 Å². The van der Waals surface area contributed by atoms with E-state index in [0.717, 1.165) is 66.0 Å². The number of carbonyl (C=O) groups excluding carboxylic acids is 2. The van der Waals surface area contributed by atoms with E-state index in [1.807, 2.05) is 29.4 Å². The topological polar surface area (TPSA) is 60.1 Å². The van der Waals surface area contributed by atoms with Crippen molar-refractivity contribution >= 4 is 12.3 Å². The van der Waals surface area contributed by atoms with Gasteiger partial charge in [0.15, 0.2) is 0 Å². The molecule has 1 atom stereocenters. The van der Waals surface area contributed by atoms with Crippen LogP contribution in [0.1, 0.15) is 63.4 Å². The Morgan fingerprint density at radius 2 is 1.86 bits per heavy atom. The summed E-state index contributed by atoms with van der Waals surface area (Å²) in [6.07, 6.45) is 2.23. The molecule has 2 aliphatic rings. The van der Waals surface area contributed by atoms with Crippen LogP contribution in [-0.4, -0.2) is 43.6 Å². The number of hydrogen-bond acceptors (Lipinski definition) is 3. The van der Waals surface area contributed by atoms with Gasteiger partial charge in [-0.05, 0) is 75.3 Å². The van der Waals surface area contributed by atoms with E-state index in [9.17, 15) is 22.8 Å². The van der Waals surface area contributed by atoms with E-state index in [1.165, 1.54) is 16.8 Å². The Morgan fingerprint density at radius 1 is 1.14 bits per heavy atom. The molecule has 2 aliphatic carbocycles. The Bertz CT molecular complexity index is 1270. The largest absolute Gasteiger partial charge is 0.416 e. The van der Waals surface area contributed by atoms with E-state index in [1.54, 1.807) is 6.20 Å². The summed E-state index contributed by atoms with van der Waals surface area (Å²) in [6.45, 7) is 4.20. The molecular formula is C26H27F3N4O2. The lowest BCUT2D eigenvalue weighted by Crippen LogP contribution is -2.45. The molecule has 0 N–H and O–H groups in total. The van der Waals surface area contributed by atoms with Crippen LogP contribution in [0.25, 0.3) is 0 Å². The first-order chi connectivity index (χ1) is 16.7. The van der Waals surface area contributed by atoms with E-state index < -0.39 is 11.7 Å². The van der Waals surface area contributed by atoms with Gasteiger partial charge in [-0.25, -0.2) is 4.68 Å². The van der Waals surface area contributed by atoms with E-state index in [4.69, 9.17) is 0 Å². The van der Waals surface area contributed by atoms with Gasteiger partial charge in [0.05, 0.1) is 16.8 Å². The van der Waals surface area contributed by atoms with Crippen LogP contribution in [0.2, 0.25) is 0 Å². The number of rotatable bonds is 6. The van der Waals surface area contributed by atoms with Crippen molar-refractivity contribution in [2.45, 2.75) is 70.8 Å². The highest BCUT2D eigenvalue weighted by Gasteiger charge is 2.40. The molecule has 0 saturated heterocycles. The Hall–Kier alpha value is -3.36. The lowest BCUT2D eigenvalue weighted by molar-refractivity contribution is -0.137. The van der Waals surface area contributed by atoms with Gasteiger partial charge < -0.3 is 9.47 Å². The number of fused-ring (bicyclic) bond motifs is 1. The highest BCUT2D eigenvalue weighted by Crippen LogP contribution is 2.36. The third kappa shape index (κ3) is 4.51. The molecule has 0 radical (unpaired) electrons. The Kier molecular flexibility index (Phi) is 5.81. The molecule has 3 aromatic rings. The summed E-state index contributed by atoms with van der Waals surface area (Å²) in [7, 11) is 0. The molecule has 2 heterocycles. The molecule has 1 unspecified atom stereocenters. The van der Waals surface area contributed by atoms with E-state index in [0.29, 0.717) is 24.9 Å². The fourth-order valence-corrected chi connectivity index (χ4v) is 5.16. The average Bonchev–Trinajstić information content (AvgIpc) is 3.50. The molecule has 1 aromatic carbocycles. The van der Waals surface area contributed by atoms with Crippen LogP contribution >= 0.6 is 0 Å². The Morgan fingerprint density at radius 3 is 2.49 bits per heavy atom. The number of carbonyl (C=O) groups is 2. The molecule has 184 valence electrons. The van der Waals surface area contributed by atoms with Crippen molar-refractivity contribution in [2.75, 3.05) is 0 Å². The predicted octanol–water partition coefficient (Wildman–Crippen LogP) is 4.57. The summed E-state index contributed by atoms with van der Waals surface area (Å²) in [6, 6.07) is 7.30. The highest BCUT2D eigenvalue weighted by molar-refractivity contribution is 5.96. The molecular weight excluding hydrogens is 457 g/mol. The molecule has 2 aromatic heterocycles. The quantitative estimate of drug-likeness (QED) is 0.482. The van der Waals surface area contributed by atoms with Crippen molar-refractivity contribution in [3.8, 4) is 0 Å². The summed E-state index contributed by atoms with van der Waals surface area (Å²) in [4.78, 5) is 26.9. The number of halogens is 3. The molecule has 6 nitrogen and oxygen atoms in total. The third-order valence-corrected chi connectivity index (χ3v) is 7.17. The lowest BCUT2D eigenvalue weighted by atomic mass is 9.91. The average molecular weight is 485 g/mol. The van der Waals surface area contributed by atoms with Gasteiger partial charge in [0.2, 0.25) is 6.41 Å². The fourth-order valence-electron chi connectivity index (χ4n) is 5.16. The Balaban J connectivity index is 1.38. The summed E-state index contributed by atoms with van der Waals surface area (Å²) in [5, 5.41) is 4.29. The minimum Gasteiger partial charge on any atom is -0.344 e. The number of hydrogen-bond donors (Lipinski definition) is 0. The van der Waals surface area contributed by atoms with Crippen LogP contribution in [0.5, 0.6) is 0 Å². The lowest BCUT2D eigenvalue weighted by Gasteiger charge is -2.34. The number of nitrogens with zero attached hydrogens (tertiary/aromatic N) is 4. The van der Waals surface area contributed by atoms with E-state index >= 15 is 0 Å². The van der Waals surface area contributed by atoms with E-state index in [2.05, 4.69) is 5.10 Å². The maximum Gasteiger partial charge on any atom is 0.416 e. The van der Waals surface area contributed by atoms with Crippen LogP contribution in [0.15, 0.2) is 36.5 Å². The normalized spacial score (nSPS) is 17.8. The SMILES string of the molecule is Cc1cc(C(=O)N(C2CC2)C2CCc3nn(C=O)cc3C2)c(C)n1Cc1ccc(C(F)(F)F)cc1. The monoisotopic (exact) mass is 484 g/mol. The van der Waals surface area contributed by atoms with Crippen molar-refractivity contribution < 1.29 is 22.8 Å². The smallest absolute Gasteiger partial charge is 0.344 e. The summed E-state index contributed by atoms with van der Waals surface area (Å²) in [5.41, 5.74) is 4.34. The molecule has 35 heavy (non-hydrogen) atoms. The zero-order valence-electron chi connectivity index (χ0n) is 19.7. The van der Waals surface area contributed by atoms with Gasteiger partial charge in [-0.15, -0.1) is 0 Å². The van der Waals surface area contributed by atoms with Crippen LogP contribution < -0.4 is 0 Å². The van der Waals surface area contributed by atoms with Crippen molar-refractivity contribution in [3.05, 3.63) is 75.9 Å². The maximum atomic E-state index is 13.8. The van der Waals surface area contributed by atoms with Gasteiger partial charge in [0, 0.05) is 36.2 Å². The van der Waals surface area contributed by atoms with Gasteiger partial charge in [0.1, 0.15) is 0 Å². The number of aryl methyl sites for hydroxylation is 2. The molecule has 1 amide bonds. The minimum atomic E-state index is -4.37. The molecule has 0 aliphatic heterocycles. The fraction of sp³-hybridized carbons (Fsp3) is 0.423. The first kappa shape index (κ1) is 23.4. The number of aromatic nitrogens is 3. The molecule has 1 saturated carbocycles. The number of amides is 1. The second-order valence-electron chi connectivity index (χ2n) is 9.59. The standard InChI is InChI=1S/C26H27F3N4O2/c1-16-11-23(17(2)32(16)13-18-3-5-20(6-4-18)26(27,28)29)25(35)33(21-7-8-21)22-9-10-24-19(12-22)14-31(15-34)30-24/h3-6,11,14-15,21-22H,7-10,12-13H2,1-2H3. The minimum absolute atomic E-state index is 0.00417. The first-order valence-corrected chi connectivity index (χ1v) is 11.8. The summed E-state index contributed by atoms with van der Waals surface area (Å²) in [5.74, 6) is -0.00417. The number of alkyl halides is 3. The third-order valence-electron chi connectivity index (χ3n) is 7.17. The zero-order valence-corrected chi connectivity index (χ0v) is 19.7. The molecule has 0 spiro atoms. The van der Waals surface area contributed by atoms with Crippen LogP contribution in [0.3, 0.4) is 0 Å². The van der Waals surface area contributed by atoms with Gasteiger partial charge in [-0.2, -0.15) is 18.3 Å². The predicted molar refractivity (Wildman–Crippen MR) is 124 cm³/mol. The van der Waals surface area contributed by atoms with Gasteiger partial charge in [-0.1, -0.05) is 12.1 Å². The molecule has 0 bridgehead atoms. The highest BCUT2D eigenvalue weighted by atomic mass is 19.4. The zero-order chi connectivity index (χ0) is 24.9. The first-order valence-electron chi connectivity index (χ1n) is 11.8.